The van der Waals surface area contributed by atoms with Gasteiger partial charge in [0, 0.05) is 11.6 Å². The summed E-state index contributed by atoms with van der Waals surface area (Å²) in [5.74, 6) is -0.446. The summed E-state index contributed by atoms with van der Waals surface area (Å²) in [5.41, 5.74) is 0.559. The summed E-state index contributed by atoms with van der Waals surface area (Å²) in [6.07, 6.45) is 5.62. The highest BCUT2D eigenvalue weighted by Gasteiger charge is 2.21. The number of nitrogens with one attached hydrogen (secondary N) is 1. The Kier molecular flexibility index (Phi) is 6.16. The SMILES string of the molecule is CCCNC1CCC(OCc2cccc(C#N)c2F)CC1. The molecule has 21 heavy (non-hydrogen) atoms. The van der Waals surface area contributed by atoms with E-state index in [9.17, 15) is 4.39 Å². The van der Waals surface area contributed by atoms with E-state index < -0.39 is 5.82 Å². The molecule has 1 aliphatic carbocycles. The maximum atomic E-state index is 13.9. The molecule has 0 heterocycles. The average molecular weight is 290 g/mol. The van der Waals surface area contributed by atoms with E-state index in [4.69, 9.17) is 10.00 Å². The number of hydrogen-bond donors (Lipinski definition) is 1. The van der Waals surface area contributed by atoms with Gasteiger partial charge in [0.05, 0.1) is 18.3 Å². The van der Waals surface area contributed by atoms with Crippen molar-refractivity contribution >= 4 is 0 Å². The fourth-order valence-electron chi connectivity index (χ4n) is 2.77. The molecule has 114 valence electrons. The zero-order valence-corrected chi connectivity index (χ0v) is 12.6. The van der Waals surface area contributed by atoms with E-state index in [0.29, 0.717) is 11.6 Å². The van der Waals surface area contributed by atoms with Crippen LogP contribution in [-0.4, -0.2) is 18.7 Å². The molecular formula is C17H23FN2O. The van der Waals surface area contributed by atoms with Gasteiger partial charge in [-0.25, -0.2) is 4.39 Å². The highest BCUT2D eigenvalue weighted by molar-refractivity contribution is 5.34. The third kappa shape index (κ3) is 4.52. The summed E-state index contributed by atoms with van der Waals surface area (Å²) >= 11 is 0. The molecule has 4 heteroatoms. The number of hydrogen-bond acceptors (Lipinski definition) is 3. The van der Waals surface area contributed by atoms with Crippen LogP contribution in [0.1, 0.15) is 50.2 Å². The zero-order chi connectivity index (χ0) is 15.1. The number of ether oxygens (including phenoxy) is 1. The van der Waals surface area contributed by atoms with Gasteiger partial charge in [0.2, 0.25) is 0 Å². The first kappa shape index (κ1) is 15.9. The van der Waals surface area contributed by atoms with Crippen molar-refractivity contribution in [3.05, 3.63) is 35.1 Å². The van der Waals surface area contributed by atoms with E-state index in [2.05, 4.69) is 12.2 Å². The Morgan fingerprint density at radius 1 is 1.33 bits per heavy atom. The van der Waals surface area contributed by atoms with Gasteiger partial charge < -0.3 is 10.1 Å². The van der Waals surface area contributed by atoms with Crippen LogP contribution in [0.4, 0.5) is 4.39 Å². The predicted molar refractivity (Wildman–Crippen MR) is 80.2 cm³/mol. The molecule has 0 bridgehead atoms. The van der Waals surface area contributed by atoms with E-state index in [0.717, 1.165) is 38.6 Å². The number of benzene rings is 1. The topological polar surface area (TPSA) is 45.0 Å². The van der Waals surface area contributed by atoms with Crippen molar-refractivity contribution < 1.29 is 9.13 Å². The van der Waals surface area contributed by atoms with Gasteiger partial charge in [0.1, 0.15) is 11.9 Å². The summed E-state index contributed by atoms with van der Waals surface area (Å²) in [4.78, 5) is 0. The minimum absolute atomic E-state index is 0.0866. The second-order valence-corrected chi connectivity index (χ2v) is 5.63. The molecule has 0 saturated heterocycles. The molecular weight excluding hydrogens is 267 g/mol. The molecule has 3 nitrogen and oxygen atoms in total. The molecule has 0 aromatic heterocycles. The Morgan fingerprint density at radius 3 is 2.76 bits per heavy atom. The molecule has 0 radical (unpaired) electrons. The maximum Gasteiger partial charge on any atom is 0.146 e. The Balaban J connectivity index is 1.79. The van der Waals surface area contributed by atoms with Crippen molar-refractivity contribution in [1.82, 2.24) is 5.32 Å². The van der Waals surface area contributed by atoms with E-state index in [-0.39, 0.29) is 18.3 Å². The summed E-state index contributed by atoms with van der Waals surface area (Å²) in [6, 6.07) is 7.34. The van der Waals surface area contributed by atoms with Gasteiger partial charge in [0.15, 0.2) is 0 Å². The molecule has 0 atom stereocenters. The standard InChI is InChI=1S/C17H23FN2O/c1-2-10-20-15-6-8-16(9-7-15)21-12-14-5-3-4-13(11-19)17(14)18/h3-5,15-16,20H,2,6-10,12H2,1H3. The quantitative estimate of drug-likeness (QED) is 0.871. The summed E-state index contributed by atoms with van der Waals surface area (Å²) in [5, 5.41) is 12.4. The van der Waals surface area contributed by atoms with Crippen LogP contribution in [0.3, 0.4) is 0 Å². The summed E-state index contributed by atoms with van der Waals surface area (Å²) in [6.45, 7) is 3.49. The smallest absolute Gasteiger partial charge is 0.146 e. The predicted octanol–water partition coefficient (Wildman–Crippen LogP) is 3.52. The van der Waals surface area contributed by atoms with Crippen LogP contribution in [0.15, 0.2) is 18.2 Å². The van der Waals surface area contributed by atoms with Gasteiger partial charge >= 0.3 is 0 Å². The fourth-order valence-corrected chi connectivity index (χ4v) is 2.77. The molecule has 1 N–H and O–H groups in total. The molecule has 1 aliphatic rings. The molecule has 1 aromatic rings. The molecule has 0 unspecified atom stereocenters. The van der Waals surface area contributed by atoms with Crippen LogP contribution in [-0.2, 0) is 11.3 Å². The molecule has 1 aromatic carbocycles. The molecule has 2 rings (SSSR count). The van der Waals surface area contributed by atoms with Gasteiger partial charge in [-0.15, -0.1) is 0 Å². The number of nitrogens with zero attached hydrogens (tertiary/aromatic N) is 1. The minimum atomic E-state index is -0.446. The van der Waals surface area contributed by atoms with Crippen molar-refractivity contribution in [3.63, 3.8) is 0 Å². The van der Waals surface area contributed by atoms with E-state index in [1.54, 1.807) is 12.1 Å². The monoisotopic (exact) mass is 290 g/mol. The third-order valence-electron chi connectivity index (χ3n) is 4.03. The lowest BCUT2D eigenvalue weighted by Crippen LogP contribution is -2.35. The van der Waals surface area contributed by atoms with Gasteiger partial charge in [-0.3, -0.25) is 0 Å². The first-order valence-corrected chi connectivity index (χ1v) is 7.77. The maximum absolute atomic E-state index is 13.9. The summed E-state index contributed by atoms with van der Waals surface area (Å²) in [7, 11) is 0. The number of nitriles is 1. The van der Waals surface area contributed by atoms with Crippen molar-refractivity contribution in [1.29, 1.82) is 5.26 Å². The van der Waals surface area contributed by atoms with Crippen molar-refractivity contribution in [2.24, 2.45) is 0 Å². The van der Waals surface area contributed by atoms with Crippen LogP contribution in [0.25, 0.3) is 0 Å². The summed E-state index contributed by atoms with van der Waals surface area (Å²) < 4.78 is 19.7. The average Bonchev–Trinajstić information content (AvgIpc) is 2.53. The lowest BCUT2D eigenvalue weighted by molar-refractivity contribution is 0.0101. The van der Waals surface area contributed by atoms with E-state index in [1.165, 1.54) is 6.07 Å². The van der Waals surface area contributed by atoms with Gasteiger partial charge in [0.25, 0.3) is 0 Å². The molecule has 0 amide bonds. The normalized spacial score (nSPS) is 22.0. The first-order valence-electron chi connectivity index (χ1n) is 7.77. The van der Waals surface area contributed by atoms with Gasteiger partial charge in [-0.1, -0.05) is 19.1 Å². The third-order valence-corrected chi connectivity index (χ3v) is 4.03. The van der Waals surface area contributed by atoms with Crippen LogP contribution in [0.2, 0.25) is 0 Å². The first-order chi connectivity index (χ1) is 10.2. The fraction of sp³-hybridized carbons (Fsp3) is 0.588. The van der Waals surface area contributed by atoms with Crippen molar-refractivity contribution in [3.8, 4) is 6.07 Å². The van der Waals surface area contributed by atoms with Crippen LogP contribution in [0, 0.1) is 17.1 Å². The number of rotatable bonds is 6. The molecule has 0 spiro atoms. The molecule has 1 fully saturated rings. The highest BCUT2D eigenvalue weighted by atomic mass is 19.1. The number of halogens is 1. The lowest BCUT2D eigenvalue weighted by Gasteiger charge is -2.29. The van der Waals surface area contributed by atoms with Crippen LogP contribution >= 0.6 is 0 Å². The van der Waals surface area contributed by atoms with Crippen molar-refractivity contribution in [2.75, 3.05) is 6.54 Å². The van der Waals surface area contributed by atoms with Crippen molar-refractivity contribution in [2.45, 2.75) is 57.8 Å². The minimum Gasteiger partial charge on any atom is -0.373 e. The Morgan fingerprint density at radius 2 is 2.10 bits per heavy atom. The Bertz CT molecular complexity index is 490. The van der Waals surface area contributed by atoms with Gasteiger partial charge in [-0.2, -0.15) is 5.26 Å². The molecule has 0 aliphatic heterocycles. The highest BCUT2D eigenvalue weighted by Crippen LogP contribution is 2.23. The zero-order valence-electron chi connectivity index (χ0n) is 12.6. The second-order valence-electron chi connectivity index (χ2n) is 5.63. The Labute approximate surface area is 126 Å². The largest absolute Gasteiger partial charge is 0.373 e. The Hall–Kier alpha value is -1.44. The molecule has 1 saturated carbocycles. The van der Waals surface area contributed by atoms with Gasteiger partial charge in [-0.05, 0) is 44.7 Å². The second kappa shape index (κ2) is 8.11. The lowest BCUT2D eigenvalue weighted by atomic mass is 9.93. The van der Waals surface area contributed by atoms with E-state index in [1.807, 2.05) is 6.07 Å². The van der Waals surface area contributed by atoms with E-state index >= 15 is 0 Å². The van der Waals surface area contributed by atoms with Crippen LogP contribution < -0.4 is 5.32 Å². The van der Waals surface area contributed by atoms with Crippen LogP contribution in [0.5, 0.6) is 0 Å².